The van der Waals surface area contributed by atoms with E-state index in [0.29, 0.717) is 37.5 Å². The number of piperazine rings is 1. The first-order valence-corrected chi connectivity index (χ1v) is 11.3. The molecule has 1 saturated heterocycles. The van der Waals surface area contributed by atoms with Crippen LogP contribution in [0.15, 0.2) is 47.1 Å². The second kappa shape index (κ2) is 9.94. The van der Waals surface area contributed by atoms with Crippen molar-refractivity contribution in [2.75, 3.05) is 26.2 Å². The first kappa shape index (κ1) is 21.3. The quantitative estimate of drug-likeness (QED) is 0.574. The molecule has 0 atom stereocenters. The standard InChI is InChI=1S/C25H30N2O4/c28-22(21-10-8-20(9-11-21)4-1-3-19-6-7-19)12-13-24(29)26-14-16-27(17-15-26)25(30)23-5-2-18-31-23/h2,5,8-11,18-19H,1,3-4,6-7,12-17H2. The largest absolute Gasteiger partial charge is 0.459 e. The summed E-state index contributed by atoms with van der Waals surface area (Å²) in [4.78, 5) is 40.8. The van der Waals surface area contributed by atoms with Crippen LogP contribution in [-0.2, 0) is 11.2 Å². The van der Waals surface area contributed by atoms with Crippen LogP contribution in [0.25, 0.3) is 0 Å². The van der Waals surface area contributed by atoms with Gasteiger partial charge in [-0.3, -0.25) is 14.4 Å². The Morgan fingerprint density at radius 1 is 0.903 bits per heavy atom. The number of aryl methyl sites for hydroxylation is 1. The second-order valence-electron chi connectivity index (χ2n) is 8.61. The molecule has 4 rings (SSSR count). The summed E-state index contributed by atoms with van der Waals surface area (Å²) in [5.41, 5.74) is 1.95. The third-order valence-electron chi connectivity index (χ3n) is 6.27. The second-order valence-corrected chi connectivity index (χ2v) is 8.61. The number of furan rings is 1. The van der Waals surface area contributed by atoms with Gasteiger partial charge in [-0.2, -0.15) is 0 Å². The summed E-state index contributed by atoms with van der Waals surface area (Å²) in [6, 6.07) is 11.2. The minimum Gasteiger partial charge on any atom is -0.459 e. The molecule has 1 aliphatic carbocycles. The van der Waals surface area contributed by atoms with Crippen molar-refractivity contribution in [2.24, 2.45) is 5.92 Å². The van der Waals surface area contributed by atoms with Crippen LogP contribution >= 0.6 is 0 Å². The fourth-order valence-electron chi connectivity index (χ4n) is 4.10. The lowest BCUT2D eigenvalue weighted by molar-refractivity contribution is -0.132. The van der Waals surface area contributed by atoms with E-state index in [1.165, 1.54) is 37.5 Å². The maximum atomic E-state index is 12.5. The van der Waals surface area contributed by atoms with Crippen molar-refractivity contribution in [1.29, 1.82) is 0 Å². The third kappa shape index (κ3) is 5.84. The number of Topliss-reactive ketones (excluding diaryl/α,β-unsaturated/α-hetero) is 1. The van der Waals surface area contributed by atoms with Crippen molar-refractivity contribution in [2.45, 2.75) is 44.9 Å². The maximum Gasteiger partial charge on any atom is 0.289 e. The molecule has 0 unspecified atom stereocenters. The van der Waals surface area contributed by atoms with Gasteiger partial charge in [0.15, 0.2) is 11.5 Å². The van der Waals surface area contributed by atoms with Crippen LogP contribution < -0.4 is 0 Å². The molecule has 1 aliphatic heterocycles. The average molecular weight is 423 g/mol. The summed E-state index contributed by atoms with van der Waals surface area (Å²) < 4.78 is 5.16. The van der Waals surface area contributed by atoms with Crippen molar-refractivity contribution in [3.8, 4) is 0 Å². The minimum atomic E-state index is -0.150. The van der Waals surface area contributed by atoms with Crippen LogP contribution in [-0.4, -0.2) is 53.6 Å². The molecule has 2 aromatic rings. The van der Waals surface area contributed by atoms with Gasteiger partial charge >= 0.3 is 0 Å². The van der Waals surface area contributed by atoms with Crippen molar-refractivity contribution in [3.63, 3.8) is 0 Å². The molecular formula is C25H30N2O4. The first-order valence-electron chi connectivity index (χ1n) is 11.3. The van der Waals surface area contributed by atoms with Crippen molar-refractivity contribution in [3.05, 3.63) is 59.5 Å². The molecule has 0 spiro atoms. The Morgan fingerprint density at radius 2 is 1.61 bits per heavy atom. The molecule has 6 nitrogen and oxygen atoms in total. The zero-order valence-electron chi connectivity index (χ0n) is 17.9. The Hall–Kier alpha value is -2.89. The van der Waals surface area contributed by atoms with E-state index in [0.717, 1.165) is 12.3 Å². The molecule has 1 aromatic carbocycles. The third-order valence-corrected chi connectivity index (χ3v) is 6.27. The fraction of sp³-hybridized carbons (Fsp3) is 0.480. The molecule has 31 heavy (non-hydrogen) atoms. The van der Waals surface area contributed by atoms with E-state index in [-0.39, 0.29) is 30.4 Å². The van der Waals surface area contributed by atoms with Gasteiger partial charge in [-0.15, -0.1) is 0 Å². The van der Waals surface area contributed by atoms with E-state index in [1.54, 1.807) is 21.9 Å². The summed E-state index contributed by atoms with van der Waals surface area (Å²) in [6.07, 6.45) is 8.28. The minimum absolute atomic E-state index is 0.00418. The molecule has 1 saturated carbocycles. The highest BCUT2D eigenvalue weighted by molar-refractivity contribution is 5.98. The predicted octanol–water partition coefficient (Wildman–Crippen LogP) is 3.96. The molecule has 2 heterocycles. The van der Waals surface area contributed by atoms with Gasteiger partial charge in [-0.1, -0.05) is 43.5 Å². The van der Waals surface area contributed by atoms with E-state index in [4.69, 9.17) is 4.42 Å². The molecule has 2 fully saturated rings. The maximum absolute atomic E-state index is 12.5. The van der Waals surface area contributed by atoms with Crippen molar-refractivity contribution >= 4 is 17.6 Å². The lowest BCUT2D eigenvalue weighted by Gasteiger charge is -2.34. The number of hydrogen-bond donors (Lipinski definition) is 0. The Bertz CT molecular complexity index is 892. The van der Waals surface area contributed by atoms with Gasteiger partial charge in [-0.25, -0.2) is 0 Å². The van der Waals surface area contributed by atoms with Crippen LogP contribution in [0.2, 0.25) is 0 Å². The first-order chi connectivity index (χ1) is 15.1. The predicted molar refractivity (Wildman–Crippen MR) is 117 cm³/mol. The Labute approximate surface area is 183 Å². The highest BCUT2D eigenvalue weighted by Gasteiger charge is 2.26. The molecule has 0 radical (unpaired) electrons. The van der Waals surface area contributed by atoms with Crippen molar-refractivity contribution < 1.29 is 18.8 Å². The number of nitrogens with zero attached hydrogens (tertiary/aromatic N) is 2. The summed E-state index contributed by atoms with van der Waals surface area (Å²) in [7, 11) is 0. The number of carbonyl (C=O) groups is 3. The number of carbonyl (C=O) groups excluding carboxylic acids is 3. The van der Waals surface area contributed by atoms with Gasteiger partial charge in [0.05, 0.1) is 6.26 Å². The average Bonchev–Trinajstić information content (AvgIpc) is 3.46. The van der Waals surface area contributed by atoms with Gasteiger partial charge in [-0.05, 0) is 36.5 Å². The molecule has 1 aromatic heterocycles. The zero-order valence-corrected chi connectivity index (χ0v) is 17.9. The topological polar surface area (TPSA) is 70.8 Å². The molecule has 2 amide bonds. The van der Waals surface area contributed by atoms with Crippen LogP contribution in [0.5, 0.6) is 0 Å². The van der Waals surface area contributed by atoms with E-state index in [9.17, 15) is 14.4 Å². The summed E-state index contributed by atoms with van der Waals surface area (Å²) in [5, 5.41) is 0. The number of benzene rings is 1. The zero-order chi connectivity index (χ0) is 21.6. The molecule has 0 bridgehead atoms. The van der Waals surface area contributed by atoms with E-state index in [2.05, 4.69) is 0 Å². The molecular weight excluding hydrogens is 392 g/mol. The fourth-order valence-corrected chi connectivity index (χ4v) is 4.10. The Balaban J connectivity index is 1.18. The van der Waals surface area contributed by atoms with Gasteiger partial charge in [0.25, 0.3) is 5.91 Å². The highest BCUT2D eigenvalue weighted by atomic mass is 16.3. The SMILES string of the molecule is O=C(CCC(=O)N1CCN(C(=O)c2ccco2)CC1)c1ccc(CCCC2CC2)cc1. The van der Waals surface area contributed by atoms with Gasteiger partial charge in [0, 0.05) is 44.6 Å². The smallest absolute Gasteiger partial charge is 0.289 e. The van der Waals surface area contributed by atoms with Gasteiger partial charge in [0.2, 0.25) is 5.91 Å². The van der Waals surface area contributed by atoms with E-state index >= 15 is 0 Å². The number of amides is 2. The van der Waals surface area contributed by atoms with E-state index in [1.807, 2.05) is 24.3 Å². The monoisotopic (exact) mass is 422 g/mol. The van der Waals surface area contributed by atoms with Crippen LogP contribution in [0.4, 0.5) is 0 Å². The summed E-state index contributed by atoms with van der Waals surface area (Å²) in [6.45, 7) is 1.91. The van der Waals surface area contributed by atoms with Crippen molar-refractivity contribution in [1.82, 2.24) is 9.80 Å². The Kier molecular flexibility index (Phi) is 6.85. The lowest BCUT2D eigenvalue weighted by Crippen LogP contribution is -2.50. The van der Waals surface area contributed by atoms with Gasteiger partial charge in [0.1, 0.15) is 0 Å². The molecule has 2 aliphatic rings. The highest BCUT2D eigenvalue weighted by Crippen LogP contribution is 2.33. The number of ketones is 1. The number of rotatable bonds is 9. The normalized spacial score (nSPS) is 16.4. The Morgan fingerprint density at radius 3 is 2.26 bits per heavy atom. The summed E-state index contributed by atoms with van der Waals surface area (Å²) >= 11 is 0. The van der Waals surface area contributed by atoms with Crippen LogP contribution in [0, 0.1) is 5.92 Å². The lowest BCUT2D eigenvalue weighted by atomic mass is 10.0. The van der Waals surface area contributed by atoms with E-state index < -0.39 is 0 Å². The molecule has 164 valence electrons. The molecule has 0 N–H and O–H groups in total. The number of hydrogen-bond acceptors (Lipinski definition) is 4. The van der Waals surface area contributed by atoms with Crippen LogP contribution in [0.3, 0.4) is 0 Å². The summed E-state index contributed by atoms with van der Waals surface area (Å²) in [5.74, 6) is 1.10. The molecule has 6 heteroatoms. The van der Waals surface area contributed by atoms with Gasteiger partial charge < -0.3 is 14.2 Å². The van der Waals surface area contributed by atoms with Crippen LogP contribution in [0.1, 0.15) is 65.0 Å².